The van der Waals surface area contributed by atoms with E-state index in [1.165, 1.54) is 0 Å². The van der Waals surface area contributed by atoms with Gasteiger partial charge in [0.25, 0.3) is 0 Å². The van der Waals surface area contributed by atoms with Crippen LogP contribution in [0.5, 0.6) is 0 Å². The molecule has 0 bridgehead atoms. The van der Waals surface area contributed by atoms with Gasteiger partial charge in [-0.05, 0) is 44.5 Å². The van der Waals surface area contributed by atoms with Crippen LogP contribution in [0.15, 0.2) is 18.2 Å². The summed E-state index contributed by atoms with van der Waals surface area (Å²) in [5.74, 6) is 0.265. The highest BCUT2D eigenvalue weighted by molar-refractivity contribution is 8.00. The van der Waals surface area contributed by atoms with Crippen LogP contribution in [0.1, 0.15) is 29.8 Å². The molecule has 18 heavy (non-hydrogen) atoms. The van der Waals surface area contributed by atoms with Crippen molar-refractivity contribution in [3.05, 3.63) is 29.3 Å². The minimum Gasteiger partial charge on any atom is -0.478 e. The van der Waals surface area contributed by atoms with Gasteiger partial charge >= 0.3 is 5.97 Å². The Labute approximate surface area is 112 Å². The first-order chi connectivity index (χ1) is 8.39. The fraction of sp³-hybridized carbons (Fsp3) is 0.500. The molecule has 0 atom stereocenters. The molecule has 1 aliphatic heterocycles. The van der Waals surface area contributed by atoms with Gasteiger partial charge in [0.05, 0.1) is 5.56 Å². The molecule has 1 fully saturated rings. The van der Waals surface area contributed by atoms with Gasteiger partial charge in [-0.1, -0.05) is 0 Å². The third-order valence-corrected chi connectivity index (χ3v) is 4.53. The van der Waals surface area contributed by atoms with E-state index in [1.54, 1.807) is 6.07 Å². The van der Waals surface area contributed by atoms with Crippen molar-refractivity contribution in [2.24, 2.45) is 0 Å². The van der Waals surface area contributed by atoms with Gasteiger partial charge in [-0.15, -0.1) is 0 Å². The Morgan fingerprint density at radius 2 is 2.17 bits per heavy atom. The lowest BCUT2D eigenvalue weighted by atomic mass is 10.1. The maximum atomic E-state index is 11.0. The second kappa shape index (κ2) is 4.84. The van der Waals surface area contributed by atoms with E-state index in [2.05, 4.69) is 18.7 Å². The topological polar surface area (TPSA) is 40.5 Å². The zero-order valence-corrected chi connectivity index (χ0v) is 11.9. The molecule has 0 spiro atoms. The van der Waals surface area contributed by atoms with Crippen molar-refractivity contribution in [1.82, 2.24) is 0 Å². The van der Waals surface area contributed by atoms with Crippen LogP contribution in [0.4, 0.5) is 5.69 Å². The van der Waals surface area contributed by atoms with Crippen molar-refractivity contribution >= 4 is 23.4 Å². The van der Waals surface area contributed by atoms with Crippen LogP contribution in [-0.2, 0) is 0 Å². The highest BCUT2D eigenvalue weighted by atomic mass is 32.2. The Balaban J connectivity index is 2.24. The van der Waals surface area contributed by atoms with Crippen molar-refractivity contribution < 1.29 is 9.90 Å². The monoisotopic (exact) mass is 265 g/mol. The SMILES string of the molecule is Cc1cc(N2CCSC(C)(C)C2)ccc1C(=O)O. The maximum Gasteiger partial charge on any atom is 0.335 e. The largest absolute Gasteiger partial charge is 0.478 e. The summed E-state index contributed by atoms with van der Waals surface area (Å²) in [6, 6.07) is 5.61. The number of hydrogen-bond donors (Lipinski definition) is 1. The second-order valence-corrected chi connectivity index (χ2v) is 7.14. The number of benzene rings is 1. The summed E-state index contributed by atoms with van der Waals surface area (Å²) >= 11 is 2.00. The molecule has 1 aromatic carbocycles. The van der Waals surface area contributed by atoms with Gasteiger partial charge in [-0.2, -0.15) is 11.8 Å². The number of carbonyl (C=O) groups is 1. The predicted octanol–water partition coefficient (Wildman–Crippen LogP) is 3.03. The van der Waals surface area contributed by atoms with E-state index in [0.29, 0.717) is 5.56 Å². The maximum absolute atomic E-state index is 11.0. The normalized spacial score (nSPS) is 18.7. The van der Waals surface area contributed by atoms with E-state index in [9.17, 15) is 4.79 Å². The molecule has 0 aromatic heterocycles. The number of hydrogen-bond acceptors (Lipinski definition) is 3. The van der Waals surface area contributed by atoms with Crippen molar-refractivity contribution in [3.63, 3.8) is 0 Å². The number of aromatic carboxylic acids is 1. The van der Waals surface area contributed by atoms with E-state index in [4.69, 9.17) is 5.11 Å². The predicted molar refractivity (Wildman–Crippen MR) is 76.9 cm³/mol. The van der Waals surface area contributed by atoms with Crippen molar-refractivity contribution in [2.75, 3.05) is 23.7 Å². The van der Waals surface area contributed by atoms with E-state index in [1.807, 2.05) is 30.8 Å². The zero-order chi connectivity index (χ0) is 13.3. The molecule has 98 valence electrons. The first-order valence-electron chi connectivity index (χ1n) is 6.12. The summed E-state index contributed by atoms with van der Waals surface area (Å²) in [5, 5.41) is 9.03. The number of rotatable bonds is 2. The van der Waals surface area contributed by atoms with Gasteiger partial charge in [0.15, 0.2) is 0 Å². The van der Waals surface area contributed by atoms with Crippen molar-refractivity contribution in [2.45, 2.75) is 25.5 Å². The van der Waals surface area contributed by atoms with Crippen LogP contribution >= 0.6 is 11.8 Å². The van der Waals surface area contributed by atoms with Crippen LogP contribution in [0.2, 0.25) is 0 Å². The van der Waals surface area contributed by atoms with Gasteiger partial charge in [0.2, 0.25) is 0 Å². The summed E-state index contributed by atoms with van der Waals surface area (Å²) in [4.78, 5) is 13.3. The van der Waals surface area contributed by atoms with Gasteiger partial charge in [0, 0.05) is 29.3 Å². The lowest BCUT2D eigenvalue weighted by Gasteiger charge is -2.39. The molecule has 1 heterocycles. The standard InChI is InChI=1S/C14H19NO2S/c1-10-8-11(4-5-12(10)13(16)17)15-6-7-18-14(2,3)9-15/h4-5,8H,6-7,9H2,1-3H3,(H,16,17). The fourth-order valence-corrected chi connectivity index (χ4v) is 3.43. The summed E-state index contributed by atoms with van der Waals surface area (Å²) in [6.07, 6.45) is 0. The van der Waals surface area contributed by atoms with Crippen molar-refractivity contribution in [3.8, 4) is 0 Å². The minimum atomic E-state index is -0.853. The van der Waals surface area contributed by atoms with Gasteiger partial charge in [0.1, 0.15) is 0 Å². The minimum absolute atomic E-state index is 0.262. The third-order valence-electron chi connectivity index (χ3n) is 3.23. The summed E-state index contributed by atoms with van der Waals surface area (Å²) in [7, 11) is 0. The average Bonchev–Trinajstić information content (AvgIpc) is 2.27. The van der Waals surface area contributed by atoms with Crippen molar-refractivity contribution in [1.29, 1.82) is 0 Å². The molecular formula is C14H19NO2S. The van der Waals surface area contributed by atoms with E-state index in [-0.39, 0.29) is 4.75 Å². The number of aryl methyl sites for hydroxylation is 1. The molecular weight excluding hydrogens is 246 g/mol. The molecule has 2 rings (SSSR count). The van der Waals surface area contributed by atoms with Crippen LogP contribution in [-0.4, -0.2) is 34.7 Å². The van der Waals surface area contributed by atoms with Crippen LogP contribution < -0.4 is 4.90 Å². The number of thioether (sulfide) groups is 1. The average molecular weight is 265 g/mol. The Morgan fingerprint density at radius 1 is 1.44 bits per heavy atom. The molecule has 4 heteroatoms. The third kappa shape index (κ3) is 2.80. The highest BCUT2D eigenvalue weighted by Gasteiger charge is 2.27. The Morgan fingerprint density at radius 3 is 2.72 bits per heavy atom. The van der Waals surface area contributed by atoms with Gasteiger partial charge in [-0.3, -0.25) is 0 Å². The Bertz CT molecular complexity index is 471. The molecule has 0 unspecified atom stereocenters. The van der Waals surface area contributed by atoms with Gasteiger partial charge in [-0.25, -0.2) is 4.79 Å². The summed E-state index contributed by atoms with van der Waals surface area (Å²) in [6.45, 7) is 8.39. The zero-order valence-electron chi connectivity index (χ0n) is 11.1. The van der Waals surface area contributed by atoms with E-state index in [0.717, 1.165) is 30.1 Å². The number of carboxylic acids is 1. The fourth-order valence-electron chi connectivity index (χ4n) is 2.32. The van der Waals surface area contributed by atoms with Gasteiger partial charge < -0.3 is 10.0 Å². The lowest BCUT2D eigenvalue weighted by Crippen LogP contribution is -2.43. The molecule has 0 saturated carbocycles. The first kappa shape index (κ1) is 13.3. The summed E-state index contributed by atoms with van der Waals surface area (Å²) < 4.78 is 0.262. The number of anilines is 1. The number of nitrogens with zero attached hydrogens (tertiary/aromatic N) is 1. The molecule has 1 aromatic rings. The number of carboxylic acid groups (broad SMARTS) is 1. The molecule has 3 nitrogen and oxygen atoms in total. The Hall–Kier alpha value is -1.16. The second-order valence-electron chi connectivity index (χ2n) is 5.33. The lowest BCUT2D eigenvalue weighted by molar-refractivity contribution is 0.0696. The smallest absolute Gasteiger partial charge is 0.335 e. The van der Waals surface area contributed by atoms with E-state index < -0.39 is 5.97 Å². The molecule has 0 radical (unpaired) electrons. The molecule has 1 aliphatic rings. The molecule has 1 saturated heterocycles. The van der Waals surface area contributed by atoms with Crippen LogP contribution in [0.25, 0.3) is 0 Å². The summed E-state index contributed by atoms with van der Waals surface area (Å²) in [5.41, 5.74) is 2.35. The van der Waals surface area contributed by atoms with Crippen LogP contribution in [0, 0.1) is 6.92 Å². The molecule has 0 aliphatic carbocycles. The first-order valence-corrected chi connectivity index (χ1v) is 7.10. The Kier molecular flexibility index (Phi) is 3.57. The molecule has 1 N–H and O–H groups in total. The molecule has 0 amide bonds. The van der Waals surface area contributed by atoms with E-state index >= 15 is 0 Å². The highest BCUT2D eigenvalue weighted by Crippen LogP contribution is 2.32. The van der Waals surface area contributed by atoms with Crippen LogP contribution in [0.3, 0.4) is 0 Å². The quantitative estimate of drug-likeness (QED) is 0.892.